The highest BCUT2D eigenvalue weighted by molar-refractivity contribution is 5.48. The lowest BCUT2D eigenvalue weighted by Gasteiger charge is -2.26. The summed E-state index contributed by atoms with van der Waals surface area (Å²) in [6, 6.07) is 19.7. The van der Waals surface area contributed by atoms with Crippen molar-refractivity contribution in [3.63, 3.8) is 0 Å². The molecule has 0 unspecified atom stereocenters. The quantitative estimate of drug-likeness (QED) is 0.387. The highest BCUT2D eigenvalue weighted by Crippen LogP contribution is 2.36. The van der Waals surface area contributed by atoms with E-state index in [1.807, 2.05) is 0 Å². The molecule has 0 atom stereocenters. The molecule has 0 radical (unpaired) electrons. The van der Waals surface area contributed by atoms with Crippen molar-refractivity contribution in [3.8, 4) is 0 Å². The molecule has 0 saturated heterocycles. The molecular weight excluding hydrogens is 378 g/mol. The first kappa shape index (κ1) is 23.2. The Hall–Kier alpha value is -2.42. The fourth-order valence-corrected chi connectivity index (χ4v) is 4.75. The molecule has 31 heavy (non-hydrogen) atoms. The number of rotatable bonds is 9. The molecule has 3 aromatic carbocycles. The normalized spacial score (nSPS) is 11.3. The number of nitrogens with one attached hydrogen (secondary N) is 1. The van der Waals surface area contributed by atoms with Crippen molar-refractivity contribution in [1.82, 2.24) is 5.32 Å². The molecule has 0 aromatic heterocycles. The molecule has 1 N–H and O–H groups in total. The summed E-state index contributed by atoms with van der Waals surface area (Å²) < 4.78 is 6.63. The van der Waals surface area contributed by atoms with Crippen molar-refractivity contribution in [3.05, 3.63) is 105 Å². The van der Waals surface area contributed by atoms with Gasteiger partial charge in [0.05, 0.1) is 0 Å². The first-order valence-corrected chi connectivity index (χ1v) is 11.4. The maximum Gasteiger partial charge on any atom is 0.109 e. The Kier molecular flexibility index (Phi) is 8.06. The maximum atomic E-state index is 6.63. The highest BCUT2D eigenvalue weighted by Gasteiger charge is 2.23. The zero-order valence-corrected chi connectivity index (χ0v) is 20.0. The minimum atomic E-state index is -0.0321. The van der Waals surface area contributed by atoms with Crippen molar-refractivity contribution in [2.75, 3.05) is 13.2 Å². The van der Waals surface area contributed by atoms with Crippen molar-refractivity contribution >= 4 is 0 Å². The number of ether oxygens (including phenoxy) is 1. The Bertz CT molecular complexity index is 903. The third kappa shape index (κ3) is 6.06. The van der Waals surface area contributed by atoms with Crippen LogP contribution in [0.5, 0.6) is 0 Å². The van der Waals surface area contributed by atoms with Crippen molar-refractivity contribution in [2.45, 2.75) is 60.6 Å². The predicted molar refractivity (Wildman–Crippen MR) is 132 cm³/mol. The van der Waals surface area contributed by atoms with E-state index in [4.69, 9.17) is 4.74 Å². The topological polar surface area (TPSA) is 21.3 Å². The lowest BCUT2D eigenvalue weighted by atomic mass is 9.87. The minimum Gasteiger partial charge on any atom is -0.369 e. The Morgan fingerprint density at radius 1 is 0.710 bits per heavy atom. The van der Waals surface area contributed by atoms with Crippen LogP contribution >= 0.6 is 0 Å². The standard InChI is InChI=1S/C29H37NO/c1-20-15-22(3)27(23(4)16-20)29(28-24(5)17-21(2)18-25(28)6)31-14-10-13-30-19-26-11-8-7-9-12-26/h7-9,11-12,15-18,29-30H,10,13-14,19H2,1-6H3. The lowest BCUT2D eigenvalue weighted by Crippen LogP contribution is -2.18. The molecule has 3 aromatic rings. The molecule has 0 amide bonds. The van der Waals surface area contributed by atoms with Crippen LogP contribution in [-0.2, 0) is 11.3 Å². The summed E-state index contributed by atoms with van der Waals surface area (Å²) in [5.41, 5.74) is 11.8. The van der Waals surface area contributed by atoms with Crippen LogP contribution in [0.15, 0.2) is 54.6 Å². The summed E-state index contributed by atoms with van der Waals surface area (Å²) in [7, 11) is 0. The van der Waals surface area contributed by atoms with Crippen LogP contribution in [-0.4, -0.2) is 13.2 Å². The van der Waals surface area contributed by atoms with Gasteiger partial charge in [0.15, 0.2) is 0 Å². The first-order chi connectivity index (χ1) is 14.9. The second-order valence-corrected chi connectivity index (χ2v) is 8.89. The summed E-state index contributed by atoms with van der Waals surface area (Å²) in [5, 5.41) is 3.54. The molecule has 2 heteroatoms. The summed E-state index contributed by atoms with van der Waals surface area (Å²) in [4.78, 5) is 0. The Morgan fingerprint density at radius 3 is 1.68 bits per heavy atom. The van der Waals surface area contributed by atoms with Gasteiger partial charge >= 0.3 is 0 Å². The summed E-state index contributed by atoms with van der Waals surface area (Å²) >= 11 is 0. The monoisotopic (exact) mass is 415 g/mol. The maximum absolute atomic E-state index is 6.63. The van der Waals surface area contributed by atoms with E-state index in [-0.39, 0.29) is 6.10 Å². The summed E-state index contributed by atoms with van der Waals surface area (Å²) in [6.45, 7) is 15.8. The van der Waals surface area contributed by atoms with E-state index < -0.39 is 0 Å². The van der Waals surface area contributed by atoms with E-state index in [0.717, 1.165) is 26.1 Å². The molecule has 0 saturated carbocycles. The molecule has 0 aliphatic rings. The van der Waals surface area contributed by atoms with E-state index in [2.05, 4.69) is 101 Å². The minimum absolute atomic E-state index is 0.0321. The Balaban J connectivity index is 1.75. The average molecular weight is 416 g/mol. The zero-order chi connectivity index (χ0) is 22.4. The molecule has 0 aliphatic heterocycles. The van der Waals surface area contributed by atoms with E-state index >= 15 is 0 Å². The predicted octanol–water partition coefficient (Wildman–Crippen LogP) is 6.82. The van der Waals surface area contributed by atoms with E-state index in [1.165, 1.54) is 50.1 Å². The van der Waals surface area contributed by atoms with Crippen LogP contribution in [0.4, 0.5) is 0 Å². The van der Waals surface area contributed by atoms with Gasteiger partial charge in [0.2, 0.25) is 0 Å². The SMILES string of the molecule is Cc1cc(C)c(C(OCCCNCc2ccccc2)c2c(C)cc(C)cc2C)c(C)c1. The fourth-order valence-electron chi connectivity index (χ4n) is 4.75. The molecular formula is C29H37NO. The second kappa shape index (κ2) is 10.7. The van der Waals surface area contributed by atoms with Crippen LogP contribution in [0.2, 0.25) is 0 Å². The Labute approximate surface area is 188 Å². The zero-order valence-electron chi connectivity index (χ0n) is 20.0. The van der Waals surface area contributed by atoms with Crippen LogP contribution in [0.1, 0.15) is 62.6 Å². The molecule has 2 nitrogen and oxygen atoms in total. The average Bonchev–Trinajstić information content (AvgIpc) is 2.69. The van der Waals surface area contributed by atoms with Gasteiger partial charge in [-0.2, -0.15) is 0 Å². The van der Waals surface area contributed by atoms with Crippen molar-refractivity contribution < 1.29 is 4.74 Å². The second-order valence-electron chi connectivity index (χ2n) is 8.89. The molecule has 3 rings (SSSR count). The number of hydrogen-bond acceptors (Lipinski definition) is 2. The van der Waals surface area contributed by atoms with Gasteiger partial charge in [0.25, 0.3) is 0 Å². The molecule has 0 spiro atoms. The third-order valence-electron chi connectivity index (χ3n) is 5.95. The molecule has 0 aliphatic carbocycles. The lowest BCUT2D eigenvalue weighted by molar-refractivity contribution is 0.0766. The molecule has 0 heterocycles. The van der Waals surface area contributed by atoms with Gasteiger partial charge in [-0.15, -0.1) is 0 Å². The summed E-state index contributed by atoms with van der Waals surface area (Å²) in [6.07, 6.45) is 0.951. The van der Waals surface area contributed by atoms with E-state index in [0.29, 0.717) is 0 Å². The molecule has 164 valence electrons. The van der Waals surface area contributed by atoms with Gasteiger partial charge in [0.1, 0.15) is 6.10 Å². The van der Waals surface area contributed by atoms with Crippen LogP contribution in [0, 0.1) is 41.5 Å². The summed E-state index contributed by atoms with van der Waals surface area (Å²) in [5.74, 6) is 0. The van der Waals surface area contributed by atoms with Crippen LogP contribution in [0.3, 0.4) is 0 Å². The number of benzene rings is 3. The van der Waals surface area contributed by atoms with Gasteiger partial charge in [-0.05, 0) is 93.5 Å². The molecule has 0 bridgehead atoms. The van der Waals surface area contributed by atoms with Gasteiger partial charge in [-0.1, -0.05) is 65.7 Å². The number of aryl methyl sites for hydroxylation is 6. The van der Waals surface area contributed by atoms with E-state index in [1.54, 1.807) is 0 Å². The van der Waals surface area contributed by atoms with Crippen molar-refractivity contribution in [1.29, 1.82) is 0 Å². The van der Waals surface area contributed by atoms with Gasteiger partial charge < -0.3 is 10.1 Å². The molecule has 0 fully saturated rings. The largest absolute Gasteiger partial charge is 0.369 e. The van der Waals surface area contributed by atoms with Gasteiger partial charge in [0, 0.05) is 13.2 Å². The van der Waals surface area contributed by atoms with Crippen LogP contribution < -0.4 is 5.32 Å². The number of hydrogen-bond donors (Lipinski definition) is 1. The first-order valence-electron chi connectivity index (χ1n) is 11.4. The van der Waals surface area contributed by atoms with E-state index in [9.17, 15) is 0 Å². The van der Waals surface area contributed by atoms with Crippen molar-refractivity contribution in [2.24, 2.45) is 0 Å². The fraction of sp³-hybridized carbons (Fsp3) is 0.379. The third-order valence-corrected chi connectivity index (χ3v) is 5.95. The van der Waals surface area contributed by atoms with Gasteiger partial charge in [-0.25, -0.2) is 0 Å². The smallest absolute Gasteiger partial charge is 0.109 e. The highest BCUT2D eigenvalue weighted by atomic mass is 16.5. The van der Waals surface area contributed by atoms with Crippen LogP contribution in [0.25, 0.3) is 0 Å². The Morgan fingerprint density at radius 2 is 1.19 bits per heavy atom. The van der Waals surface area contributed by atoms with Gasteiger partial charge in [-0.3, -0.25) is 0 Å².